The molecule has 0 saturated carbocycles. The monoisotopic (exact) mass is 250 g/mol. The highest BCUT2D eigenvalue weighted by atomic mass is 16.5. The lowest BCUT2D eigenvalue weighted by atomic mass is 9.85. The zero-order valence-corrected chi connectivity index (χ0v) is 11.9. The molecule has 0 aliphatic carbocycles. The van der Waals surface area contributed by atoms with Crippen molar-refractivity contribution in [2.45, 2.75) is 39.0 Å². The summed E-state index contributed by atoms with van der Waals surface area (Å²) >= 11 is 0. The molecule has 100 valence electrons. The lowest BCUT2D eigenvalue weighted by molar-refractivity contribution is -0.107. The Kier molecular flexibility index (Phi) is 4.76. The minimum atomic E-state index is -0.0121. The van der Waals surface area contributed by atoms with Gasteiger partial charge in [0.25, 0.3) is 0 Å². The first kappa shape index (κ1) is 14.6. The van der Waals surface area contributed by atoms with Crippen LogP contribution in [0.2, 0.25) is 0 Å². The molecule has 0 bridgehead atoms. The summed E-state index contributed by atoms with van der Waals surface area (Å²) in [6.45, 7) is 6.40. The molecule has 0 fully saturated rings. The lowest BCUT2D eigenvalue weighted by Crippen LogP contribution is -2.13. The Balaban J connectivity index is 3.27. The van der Waals surface area contributed by atoms with Gasteiger partial charge in [0, 0.05) is 12.0 Å². The van der Waals surface area contributed by atoms with E-state index in [1.807, 2.05) is 12.1 Å². The van der Waals surface area contributed by atoms with Gasteiger partial charge in [0.05, 0.1) is 14.2 Å². The molecule has 0 N–H and O–H groups in total. The van der Waals surface area contributed by atoms with E-state index >= 15 is 0 Å². The van der Waals surface area contributed by atoms with E-state index in [1.165, 1.54) is 0 Å². The maximum Gasteiger partial charge on any atom is 0.123 e. The Bertz CT molecular complexity index is 416. The van der Waals surface area contributed by atoms with E-state index in [-0.39, 0.29) is 5.41 Å². The maximum atomic E-state index is 10.5. The predicted molar refractivity (Wildman–Crippen MR) is 72.6 cm³/mol. The van der Waals surface area contributed by atoms with Crippen molar-refractivity contribution in [3.05, 3.63) is 23.3 Å². The minimum absolute atomic E-state index is 0.0121. The van der Waals surface area contributed by atoms with Gasteiger partial charge in [0.1, 0.15) is 17.8 Å². The molecular weight excluding hydrogens is 228 g/mol. The Labute approximate surface area is 109 Å². The van der Waals surface area contributed by atoms with Crippen LogP contribution in [0.15, 0.2) is 12.1 Å². The van der Waals surface area contributed by atoms with Crippen LogP contribution in [0.4, 0.5) is 0 Å². The average Bonchev–Trinajstić information content (AvgIpc) is 2.33. The molecule has 0 unspecified atom stereocenters. The fourth-order valence-electron chi connectivity index (χ4n) is 1.96. The molecule has 0 aliphatic heterocycles. The quantitative estimate of drug-likeness (QED) is 0.753. The molecule has 0 heterocycles. The molecule has 1 aromatic carbocycles. The van der Waals surface area contributed by atoms with Gasteiger partial charge in [-0.15, -0.1) is 0 Å². The fourth-order valence-corrected chi connectivity index (χ4v) is 1.96. The highest BCUT2D eigenvalue weighted by molar-refractivity contribution is 5.53. The van der Waals surface area contributed by atoms with Crippen molar-refractivity contribution >= 4 is 6.29 Å². The van der Waals surface area contributed by atoms with Gasteiger partial charge in [-0.2, -0.15) is 0 Å². The smallest absolute Gasteiger partial charge is 0.123 e. The van der Waals surface area contributed by atoms with Crippen LogP contribution < -0.4 is 9.47 Å². The Hall–Kier alpha value is -1.51. The number of hydrogen-bond acceptors (Lipinski definition) is 3. The Morgan fingerprint density at radius 3 is 2.17 bits per heavy atom. The van der Waals surface area contributed by atoms with Crippen molar-refractivity contribution in [3.8, 4) is 11.5 Å². The lowest BCUT2D eigenvalue weighted by Gasteiger charge is -2.24. The standard InChI is InChI=1S/C15H22O3/c1-15(2,3)12-10-13(17-4)11(7-6-8-16)9-14(12)18-5/h8-10H,6-7H2,1-5H3. The summed E-state index contributed by atoms with van der Waals surface area (Å²) in [5, 5.41) is 0. The van der Waals surface area contributed by atoms with Crippen molar-refractivity contribution in [2.24, 2.45) is 0 Å². The van der Waals surface area contributed by atoms with Crippen LogP contribution in [0.1, 0.15) is 38.3 Å². The van der Waals surface area contributed by atoms with Crippen LogP contribution in [-0.4, -0.2) is 20.5 Å². The number of carbonyl (C=O) groups excluding carboxylic acids is 1. The van der Waals surface area contributed by atoms with Crippen LogP contribution in [0.5, 0.6) is 11.5 Å². The van der Waals surface area contributed by atoms with Crippen LogP contribution in [-0.2, 0) is 16.6 Å². The largest absolute Gasteiger partial charge is 0.496 e. The van der Waals surface area contributed by atoms with Crippen molar-refractivity contribution in [1.82, 2.24) is 0 Å². The fraction of sp³-hybridized carbons (Fsp3) is 0.533. The maximum absolute atomic E-state index is 10.5. The zero-order chi connectivity index (χ0) is 13.8. The molecule has 0 atom stereocenters. The van der Waals surface area contributed by atoms with E-state index in [0.29, 0.717) is 12.8 Å². The number of ether oxygens (including phenoxy) is 2. The molecule has 0 radical (unpaired) electrons. The van der Waals surface area contributed by atoms with Crippen LogP contribution in [0.25, 0.3) is 0 Å². The van der Waals surface area contributed by atoms with E-state index in [4.69, 9.17) is 9.47 Å². The van der Waals surface area contributed by atoms with Gasteiger partial charge in [0.15, 0.2) is 0 Å². The first-order valence-corrected chi connectivity index (χ1v) is 6.13. The summed E-state index contributed by atoms with van der Waals surface area (Å²) in [4.78, 5) is 10.5. The summed E-state index contributed by atoms with van der Waals surface area (Å²) in [5.41, 5.74) is 2.10. The second kappa shape index (κ2) is 5.89. The SMILES string of the molecule is COc1cc(C(C)(C)C)c(OC)cc1CCC=O. The van der Waals surface area contributed by atoms with Crippen LogP contribution >= 0.6 is 0 Å². The van der Waals surface area contributed by atoms with Crippen molar-refractivity contribution in [2.75, 3.05) is 14.2 Å². The summed E-state index contributed by atoms with van der Waals surface area (Å²) in [5.74, 6) is 1.67. The molecule has 3 nitrogen and oxygen atoms in total. The summed E-state index contributed by atoms with van der Waals surface area (Å²) in [6, 6.07) is 3.99. The second-order valence-electron chi connectivity index (χ2n) is 5.32. The van der Waals surface area contributed by atoms with E-state index in [0.717, 1.165) is 28.9 Å². The number of carbonyl (C=O) groups is 1. The molecule has 3 heteroatoms. The summed E-state index contributed by atoms with van der Waals surface area (Å²) in [7, 11) is 3.32. The van der Waals surface area contributed by atoms with E-state index in [1.54, 1.807) is 14.2 Å². The normalized spacial score (nSPS) is 11.2. The second-order valence-corrected chi connectivity index (χ2v) is 5.32. The first-order chi connectivity index (χ1) is 8.43. The third-order valence-corrected chi connectivity index (χ3v) is 2.94. The highest BCUT2D eigenvalue weighted by Crippen LogP contribution is 2.36. The molecule has 1 rings (SSSR count). The zero-order valence-electron chi connectivity index (χ0n) is 11.9. The minimum Gasteiger partial charge on any atom is -0.496 e. The van der Waals surface area contributed by atoms with Crippen molar-refractivity contribution < 1.29 is 14.3 Å². The van der Waals surface area contributed by atoms with Gasteiger partial charge in [-0.3, -0.25) is 0 Å². The van der Waals surface area contributed by atoms with Gasteiger partial charge < -0.3 is 14.3 Å². The number of aryl methyl sites for hydroxylation is 1. The number of rotatable bonds is 5. The molecule has 1 aromatic rings. The Morgan fingerprint density at radius 1 is 1.11 bits per heavy atom. The van der Waals surface area contributed by atoms with Gasteiger partial charge in [-0.05, 0) is 29.5 Å². The summed E-state index contributed by atoms with van der Waals surface area (Å²) < 4.78 is 10.9. The third kappa shape index (κ3) is 3.25. The van der Waals surface area contributed by atoms with Crippen molar-refractivity contribution in [3.63, 3.8) is 0 Å². The molecule has 0 amide bonds. The first-order valence-electron chi connectivity index (χ1n) is 6.13. The molecule has 0 aromatic heterocycles. The highest BCUT2D eigenvalue weighted by Gasteiger charge is 2.21. The van der Waals surface area contributed by atoms with E-state index in [9.17, 15) is 4.79 Å². The number of methoxy groups -OCH3 is 2. The molecule has 0 saturated heterocycles. The van der Waals surface area contributed by atoms with Crippen LogP contribution in [0, 0.1) is 0 Å². The number of aldehydes is 1. The predicted octanol–water partition coefficient (Wildman–Crippen LogP) is 3.13. The van der Waals surface area contributed by atoms with Gasteiger partial charge in [0.2, 0.25) is 0 Å². The van der Waals surface area contributed by atoms with Crippen LogP contribution in [0.3, 0.4) is 0 Å². The molecular formula is C15H22O3. The third-order valence-electron chi connectivity index (χ3n) is 2.94. The average molecular weight is 250 g/mol. The Morgan fingerprint density at radius 2 is 1.72 bits per heavy atom. The van der Waals surface area contributed by atoms with Gasteiger partial charge >= 0.3 is 0 Å². The van der Waals surface area contributed by atoms with Gasteiger partial charge in [-0.25, -0.2) is 0 Å². The molecule has 0 spiro atoms. The van der Waals surface area contributed by atoms with E-state index in [2.05, 4.69) is 20.8 Å². The molecule has 18 heavy (non-hydrogen) atoms. The molecule has 0 aliphatic rings. The summed E-state index contributed by atoms with van der Waals surface area (Å²) in [6.07, 6.45) is 2.09. The van der Waals surface area contributed by atoms with Crippen molar-refractivity contribution in [1.29, 1.82) is 0 Å². The number of hydrogen-bond donors (Lipinski definition) is 0. The van der Waals surface area contributed by atoms with E-state index < -0.39 is 0 Å². The van der Waals surface area contributed by atoms with Gasteiger partial charge in [-0.1, -0.05) is 20.8 Å². The number of benzene rings is 1. The topological polar surface area (TPSA) is 35.5 Å².